The first-order valence-electron chi connectivity index (χ1n) is 7.37. The number of aliphatic hydroxyl groups excluding tert-OH is 1. The summed E-state index contributed by atoms with van der Waals surface area (Å²) < 4.78 is 5.71. The molecule has 0 aliphatic rings. The minimum absolute atomic E-state index is 0.0784. The number of carbonyl (C=O) groups excluding carboxylic acids is 1. The SMILES string of the molecule is CC(C)(C)Oc1ccc(CC(NC(=O)O)C(=O)NCCO)cc1. The predicted molar refractivity (Wildman–Crippen MR) is 85.6 cm³/mol. The summed E-state index contributed by atoms with van der Waals surface area (Å²) in [6.45, 7) is 5.71. The number of amides is 2. The van der Waals surface area contributed by atoms with Gasteiger partial charge < -0.3 is 25.6 Å². The van der Waals surface area contributed by atoms with Crippen LogP contribution in [-0.4, -0.2) is 47.0 Å². The summed E-state index contributed by atoms with van der Waals surface area (Å²) in [6, 6.07) is 6.22. The van der Waals surface area contributed by atoms with E-state index >= 15 is 0 Å². The third-order valence-corrected chi connectivity index (χ3v) is 2.81. The van der Waals surface area contributed by atoms with Gasteiger partial charge in [0.1, 0.15) is 17.4 Å². The van der Waals surface area contributed by atoms with Gasteiger partial charge in [-0.3, -0.25) is 4.79 Å². The van der Waals surface area contributed by atoms with Crippen LogP contribution in [0.25, 0.3) is 0 Å². The van der Waals surface area contributed by atoms with Gasteiger partial charge in [0.15, 0.2) is 0 Å². The number of nitrogens with one attached hydrogen (secondary N) is 2. The normalized spacial score (nSPS) is 12.3. The van der Waals surface area contributed by atoms with Gasteiger partial charge in [-0.25, -0.2) is 4.79 Å². The molecule has 0 aliphatic heterocycles. The zero-order valence-corrected chi connectivity index (χ0v) is 13.6. The van der Waals surface area contributed by atoms with Gasteiger partial charge in [-0.2, -0.15) is 0 Å². The number of hydrogen-bond acceptors (Lipinski definition) is 4. The Kier molecular flexibility index (Phi) is 6.84. The second-order valence-corrected chi connectivity index (χ2v) is 6.08. The van der Waals surface area contributed by atoms with E-state index in [9.17, 15) is 9.59 Å². The lowest BCUT2D eigenvalue weighted by Gasteiger charge is -2.21. The van der Waals surface area contributed by atoms with Gasteiger partial charge in [-0.05, 0) is 38.5 Å². The predicted octanol–water partition coefficient (Wildman–Crippen LogP) is 1.15. The van der Waals surface area contributed by atoms with Crippen molar-refractivity contribution in [1.29, 1.82) is 0 Å². The number of hydrogen-bond donors (Lipinski definition) is 4. The monoisotopic (exact) mass is 324 g/mol. The Bertz CT molecular complexity index is 522. The molecule has 1 rings (SSSR count). The fourth-order valence-electron chi connectivity index (χ4n) is 1.94. The van der Waals surface area contributed by atoms with Crippen molar-refractivity contribution >= 4 is 12.0 Å². The zero-order chi connectivity index (χ0) is 17.5. The molecular formula is C16H24N2O5. The van der Waals surface area contributed by atoms with Crippen LogP contribution in [0.15, 0.2) is 24.3 Å². The molecule has 128 valence electrons. The summed E-state index contributed by atoms with van der Waals surface area (Å²) in [4.78, 5) is 22.8. The molecule has 0 saturated heterocycles. The maximum absolute atomic E-state index is 11.9. The molecule has 4 N–H and O–H groups in total. The lowest BCUT2D eigenvalue weighted by atomic mass is 10.0. The summed E-state index contributed by atoms with van der Waals surface area (Å²) in [5.41, 5.74) is 0.489. The van der Waals surface area contributed by atoms with Crippen LogP contribution >= 0.6 is 0 Å². The maximum Gasteiger partial charge on any atom is 0.405 e. The topological polar surface area (TPSA) is 108 Å². The molecule has 0 fully saturated rings. The second-order valence-electron chi connectivity index (χ2n) is 6.08. The fraction of sp³-hybridized carbons (Fsp3) is 0.500. The Morgan fingerprint density at radius 3 is 2.30 bits per heavy atom. The Labute approximate surface area is 135 Å². The molecule has 0 bridgehead atoms. The van der Waals surface area contributed by atoms with Crippen LogP contribution in [0.3, 0.4) is 0 Å². The number of ether oxygens (including phenoxy) is 1. The Balaban J connectivity index is 2.74. The van der Waals surface area contributed by atoms with Crippen molar-refractivity contribution in [3.8, 4) is 5.75 Å². The highest BCUT2D eigenvalue weighted by molar-refractivity contribution is 5.85. The maximum atomic E-state index is 11.9. The lowest BCUT2D eigenvalue weighted by molar-refractivity contribution is -0.123. The molecular weight excluding hydrogens is 300 g/mol. The van der Waals surface area contributed by atoms with E-state index in [0.717, 1.165) is 5.56 Å². The van der Waals surface area contributed by atoms with Crippen LogP contribution in [0.1, 0.15) is 26.3 Å². The highest BCUT2D eigenvalue weighted by atomic mass is 16.5. The Morgan fingerprint density at radius 2 is 1.83 bits per heavy atom. The van der Waals surface area contributed by atoms with Crippen molar-refractivity contribution in [2.75, 3.05) is 13.2 Å². The number of carboxylic acid groups (broad SMARTS) is 1. The van der Waals surface area contributed by atoms with Crippen LogP contribution < -0.4 is 15.4 Å². The molecule has 0 radical (unpaired) electrons. The summed E-state index contributed by atoms with van der Waals surface area (Å²) in [7, 11) is 0. The van der Waals surface area contributed by atoms with Crippen molar-refractivity contribution < 1.29 is 24.5 Å². The molecule has 0 heterocycles. The summed E-state index contributed by atoms with van der Waals surface area (Å²) in [5, 5.41) is 22.2. The van der Waals surface area contributed by atoms with E-state index < -0.39 is 18.0 Å². The highest BCUT2D eigenvalue weighted by Crippen LogP contribution is 2.19. The van der Waals surface area contributed by atoms with Crippen LogP contribution in [0.4, 0.5) is 4.79 Å². The molecule has 1 aromatic carbocycles. The van der Waals surface area contributed by atoms with Crippen molar-refractivity contribution in [3.63, 3.8) is 0 Å². The van der Waals surface area contributed by atoms with Gasteiger partial charge in [0.05, 0.1) is 6.61 Å². The second kappa shape index (κ2) is 8.38. The number of carbonyl (C=O) groups is 2. The van der Waals surface area contributed by atoms with Crippen LogP contribution in [0.2, 0.25) is 0 Å². The highest BCUT2D eigenvalue weighted by Gasteiger charge is 2.20. The molecule has 7 heteroatoms. The third-order valence-electron chi connectivity index (χ3n) is 2.81. The van der Waals surface area contributed by atoms with E-state index in [1.807, 2.05) is 20.8 Å². The minimum atomic E-state index is -1.28. The smallest absolute Gasteiger partial charge is 0.405 e. The number of aliphatic hydroxyl groups is 1. The van der Waals surface area contributed by atoms with Gasteiger partial charge in [-0.1, -0.05) is 12.1 Å². The average molecular weight is 324 g/mol. The van der Waals surface area contributed by atoms with Crippen molar-refractivity contribution in [3.05, 3.63) is 29.8 Å². The molecule has 0 aliphatic carbocycles. The Hall–Kier alpha value is -2.28. The first kappa shape index (κ1) is 18.8. The molecule has 1 unspecified atom stereocenters. The molecule has 7 nitrogen and oxygen atoms in total. The minimum Gasteiger partial charge on any atom is -0.488 e. The van der Waals surface area contributed by atoms with E-state index in [1.165, 1.54) is 0 Å². The summed E-state index contributed by atoms with van der Waals surface area (Å²) in [5.74, 6) is 0.227. The van der Waals surface area contributed by atoms with Crippen LogP contribution in [0.5, 0.6) is 5.75 Å². The largest absolute Gasteiger partial charge is 0.488 e. The van der Waals surface area contributed by atoms with E-state index in [0.29, 0.717) is 5.75 Å². The van der Waals surface area contributed by atoms with Gasteiger partial charge in [-0.15, -0.1) is 0 Å². The van der Waals surface area contributed by atoms with Gasteiger partial charge >= 0.3 is 6.09 Å². The molecule has 1 aromatic rings. The summed E-state index contributed by atoms with van der Waals surface area (Å²) in [6.07, 6.45) is -1.07. The molecule has 2 amide bonds. The first-order chi connectivity index (χ1) is 10.7. The Morgan fingerprint density at radius 1 is 1.22 bits per heavy atom. The van der Waals surface area contributed by atoms with Crippen molar-refractivity contribution in [1.82, 2.24) is 10.6 Å². The molecule has 23 heavy (non-hydrogen) atoms. The lowest BCUT2D eigenvalue weighted by Crippen LogP contribution is -2.48. The molecule has 0 aromatic heterocycles. The van der Waals surface area contributed by atoms with E-state index in [2.05, 4.69) is 10.6 Å². The van der Waals surface area contributed by atoms with Crippen molar-refractivity contribution in [2.45, 2.75) is 38.8 Å². The third kappa shape index (κ3) is 7.51. The molecule has 0 saturated carbocycles. The fourth-order valence-corrected chi connectivity index (χ4v) is 1.94. The van der Waals surface area contributed by atoms with Crippen molar-refractivity contribution in [2.24, 2.45) is 0 Å². The van der Waals surface area contributed by atoms with Gasteiger partial charge in [0.2, 0.25) is 5.91 Å². The van der Waals surface area contributed by atoms with Gasteiger partial charge in [0, 0.05) is 13.0 Å². The van der Waals surface area contributed by atoms with Crippen LogP contribution in [0, 0.1) is 0 Å². The standard InChI is InChI=1S/C16H24N2O5/c1-16(2,3)23-12-6-4-11(5-7-12)10-13(18-15(21)22)14(20)17-8-9-19/h4-7,13,18-19H,8-10H2,1-3H3,(H,17,20)(H,21,22). The number of rotatable bonds is 7. The number of benzene rings is 1. The molecule has 1 atom stereocenters. The average Bonchev–Trinajstić information content (AvgIpc) is 2.44. The quantitative estimate of drug-likeness (QED) is 0.602. The van der Waals surface area contributed by atoms with Crippen LogP contribution in [-0.2, 0) is 11.2 Å². The van der Waals surface area contributed by atoms with E-state index in [1.54, 1.807) is 24.3 Å². The first-order valence-corrected chi connectivity index (χ1v) is 7.37. The van der Waals surface area contributed by atoms with Gasteiger partial charge in [0.25, 0.3) is 0 Å². The zero-order valence-electron chi connectivity index (χ0n) is 13.6. The summed E-state index contributed by atoms with van der Waals surface area (Å²) >= 11 is 0. The van der Waals surface area contributed by atoms with E-state index in [-0.39, 0.29) is 25.2 Å². The molecule has 0 spiro atoms. The van der Waals surface area contributed by atoms with E-state index in [4.69, 9.17) is 14.9 Å².